The topological polar surface area (TPSA) is 78.9 Å². The number of carbonyl (C=O) groups excluding carboxylic acids is 3. The molecule has 0 rings (SSSR count). The summed E-state index contributed by atoms with van der Waals surface area (Å²) in [6.45, 7) is 6.42. The quantitative estimate of drug-likeness (QED) is 0.0200. The average Bonchev–Trinajstić information content (AvgIpc) is 3.23. The second-order valence-electron chi connectivity index (χ2n) is 16.1. The van der Waals surface area contributed by atoms with Crippen molar-refractivity contribution >= 4 is 17.9 Å². The van der Waals surface area contributed by atoms with Gasteiger partial charge in [-0.1, -0.05) is 209 Å². The first-order valence-electron chi connectivity index (χ1n) is 24.5. The fraction of sp³-hybridized carbons (Fsp3) is 0.717. The molecule has 6 heteroatoms. The second kappa shape index (κ2) is 47.5. The molecule has 0 aromatic heterocycles. The van der Waals surface area contributed by atoms with Gasteiger partial charge < -0.3 is 14.2 Å². The Morgan fingerprint density at radius 3 is 1.24 bits per heavy atom. The minimum atomic E-state index is -0.803. The van der Waals surface area contributed by atoms with Gasteiger partial charge in [0.2, 0.25) is 0 Å². The minimum Gasteiger partial charge on any atom is -0.462 e. The van der Waals surface area contributed by atoms with Crippen molar-refractivity contribution in [1.29, 1.82) is 0 Å². The Labute approximate surface area is 363 Å². The molecule has 1 unspecified atom stereocenters. The van der Waals surface area contributed by atoms with Gasteiger partial charge in [-0.25, -0.2) is 0 Å². The van der Waals surface area contributed by atoms with E-state index in [2.05, 4.69) is 93.7 Å². The molecule has 0 N–H and O–H groups in total. The van der Waals surface area contributed by atoms with Crippen LogP contribution in [0.2, 0.25) is 0 Å². The third-order valence-electron chi connectivity index (χ3n) is 10.3. The monoisotopic (exact) mass is 823 g/mol. The van der Waals surface area contributed by atoms with Crippen LogP contribution < -0.4 is 0 Å². The lowest BCUT2D eigenvalue weighted by molar-refractivity contribution is -0.167. The molecule has 0 fully saturated rings. The van der Waals surface area contributed by atoms with Crippen LogP contribution in [0.5, 0.6) is 0 Å². The van der Waals surface area contributed by atoms with Crippen LogP contribution in [-0.4, -0.2) is 37.2 Å². The van der Waals surface area contributed by atoms with Crippen LogP contribution in [0.4, 0.5) is 0 Å². The normalized spacial score (nSPS) is 12.7. The molecule has 0 saturated heterocycles. The Hall–Kier alpha value is -3.15. The van der Waals surface area contributed by atoms with E-state index in [1.165, 1.54) is 96.3 Å². The summed E-state index contributed by atoms with van der Waals surface area (Å²) in [5.74, 6) is -0.977. The Bertz CT molecular complexity index is 1130. The number of ether oxygens (including phenoxy) is 3. The molecule has 0 bridgehead atoms. The molecule has 0 aromatic carbocycles. The first-order chi connectivity index (χ1) is 29.0. The largest absolute Gasteiger partial charge is 0.462 e. The highest BCUT2D eigenvalue weighted by molar-refractivity contribution is 5.71. The maximum Gasteiger partial charge on any atom is 0.306 e. The lowest BCUT2D eigenvalue weighted by Gasteiger charge is -2.18. The maximum atomic E-state index is 12.7. The molecule has 0 heterocycles. The second-order valence-corrected chi connectivity index (χ2v) is 16.1. The Morgan fingerprint density at radius 1 is 0.373 bits per heavy atom. The van der Waals surface area contributed by atoms with Crippen molar-refractivity contribution in [2.24, 2.45) is 0 Å². The molecular formula is C53H90O6. The van der Waals surface area contributed by atoms with Gasteiger partial charge in [-0.2, -0.15) is 0 Å². The zero-order chi connectivity index (χ0) is 43.0. The van der Waals surface area contributed by atoms with E-state index in [1.54, 1.807) is 0 Å². The molecule has 0 saturated carbocycles. The fourth-order valence-corrected chi connectivity index (χ4v) is 6.57. The third-order valence-corrected chi connectivity index (χ3v) is 10.3. The summed E-state index contributed by atoms with van der Waals surface area (Å²) in [5.41, 5.74) is 0. The predicted molar refractivity (Wildman–Crippen MR) is 251 cm³/mol. The lowest BCUT2D eigenvalue weighted by Crippen LogP contribution is -2.30. The summed E-state index contributed by atoms with van der Waals surface area (Å²) in [6, 6.07) is 0. The summed E-state index contributed by atoms with van der Waals surface area (Å²) in [7, 11) is 0. The van der Waals surface area contributed by atoms with Crippen molar-refractivity contribution in [3.63, 3.8) is 0 Å². The smallest absolute Gasteiger partial charge is 0.306 e. The average molecular weight is 823 g/mol. The number of hydrogen-bond donors (Lipinski definition) is 0. The number of unbranched alkanes of at least 4 members (excludes halogenated alkanes) is 22. The Balaban J connectivity index is 4.47. The van der Waals surface area contributed by atoms with Crippen molar-refractivity contribution in [1.82, 2.24) is 0 Å². The number of hydrogen-bond acceptors (Lipinski definition) is 6. The number of rotatable bonds is 43. The minimum absolute atomic E-state index is 0.0986. The van der Waals surface area contributed by atoms with Crippen molar-refractivity contribution in [2.45, 2.75) is 232 Å². The van der Waals surface area contributed by atoms with Crippen LogP contribution in [0.25, 0.3) is 0 Å². The SMILES string of the molecule is CC\C=C/C=C\C=C/CCCCCCCC(=O)OC(COC(=O)CCC/C=C\C/C=C\C/C=C\CCCCCCCC)COC(=O)CCCCCCCCCCCCC. The van der Waals surface area contributed by atoms with Crippen molar-refractivity contribution in [3.05, 3.63) is 72.9 Å². The predicted octanol–water partition coefficient (Wildman–Crippen LogP) is 15.9. The first-order valence-corrected chi connectivity index (χ1v) is 24.5. The molecule has 59 heavy (non-hydrogen) atoms. The third kappa shape index (κ3) is 45.8. The van der Waals surface area contributed by atoms with Gasteiger partial charge in [0.15, 0.2) is 6.10 Å². The number of esters is 3. The van der Waals surface area contributed by atoms with E-state index in [0.717, 1.165) is 83.5 Å². The molecule has 1 atom stereocenters. The van der Waals surface area contributed by atoms with Gasteiger partial charge in [0.25, 0.3) is 0 Å². The van der Waals surface area contributed by atoms with E-state index in [1.807, 2.05) is 0 Å². The molecule has 0 amide bonds. The van der Waals surface area contributed by atoms with E-state index in [0.29, 0.717) is 19.3 Å². The first kappa shape index (κ1) is 55.9. The van der Waals surface area contributed by atoms with Crippen LogP contribution in [0.15, 0.2) is 72.9 Å². The molecular weight excluding hydrogens is 733 g/mol. The van der Waals surface area contributed by atoms with Crippen LogP contribution in [-0.2, 0) is 28.6 Å². The molecule has 0 radical (unpaired) electrons. The Kier molecular flexibility index (Phi) is 45.0. The Morgan fingerprint density at radius 2 is 0.746 bits per heavy atom. The molecule has 0 aromatic rings. The summed E-state index contributed by atoms with van der Waals surface area (Å²) in [4.78, 5) is 37.8. The van der Waals surface area contributed by atoms with Crippen LogP contribution in [0.3, 0.4) is 0 Å². The standard InChI is InChI=1S/C53H90O6/c1-4-7-10-13-16-19-22-24-25-26-27-29-31-34-37-40-43-46-52(55)58-49-50(48-57-51(54)45-42-39-36-33-30-21-18-15-12-9-6-3)59-53(56)47-44-41-38-35-32-28-23-20-17-14-11-8-5-2/h8,11,14,17,20,23-25,27,29,34,37,50H,4-7,9-10,12-13,15-16,18-19,21-22,26,28,30-33,35-36,38-49H2,1-3H3/b11-8-,17-14-,23-20-,25-24-,29-27-,37-34-. The zero-order valence-electron chi connectivity index (χ0n) is 38.5. The maximum absolute atomic E-state index is 12.7. The van der Waals surface area contributed by atoms with Crippen molar-refractivity contribution in [3.8, 4) is 0 Å². The van der Waals surface area contributed by atoms with E-state index in [-0.39, 0.29) is 37.5 Å². The van der Waals surface area contributed by atoms with E-state index in [4.69, 9.17) is 14.2 Å². The molecule has 0 aliphatic heterocycles. The molecule has 338 valence electrons. The highest BCUT2D eigenvalue weighted by atomic mass is 16.6. The van der Waals surface area contributed by atoms with Gasteiger partial charge in [-0.15, -0.1) is 0 Å². The summed E-state index contributed by atoms with van der Waals surface area (Å²) in [5, 5.41) is 0. The summed E-state index contributed by atoms with van der Waals surface area (Å²) >= 11 is 0. The van der Waals surface area contributed by atoms with Crippen molar-refractivity contribution < 1.29 is 28.6 Å². The highest BCUT2D eigenvalue weighted by Gasteiger charge is 2.19. The van der Waals surface area contributed by atoms with Crippen LogP contribution >= 0.6 is 0 Å². The van der Waals surface area contributed by atoms with Crippen LogP contribution in [0, 0.1) is 0 Å². The number of allylic oxidation sites excluding steroid dienone is 12. The van der Waals surface area contributed by atoms with E-state index < -0.39 is 6.10 Å². The fourth-order valence-electron chi connectivity index (χ4n) is 6.57. The molecule has 0 aliphatic carbocycles. The molecule has 0 aliphatic rings. The molecule has 6 nitrogen and oxygen atoms in total. The zero-order valence-corrected chi connectivity index (χ0v) is 38.5. The van der Waals surface area contributed by atoms with E-state index >= 15 is 0 Å². The van der Waals surface area contributed by atoms with Gasteiger partial charge in [0.05, 0.1) is 0 Å². The number of carbonyl (C=O) groups is 3. The van der Waals surface area contributed by atoms with Gasteiger partial charge in [0.1, 0.15) is 13.2 Å². The van der Waals surface area contributed by atoms with Crippen molar-refractivity contribution in [2.75, 3.05) is 13.2 Å². The van der Waals surface area contributed by atoms with Crippen LogP contribution in [0.1, 0.15) is 226 Å². The summed E-state index contributed by atoms with van der Waals surface area (Å²) < 4.78 is 16.7. The van der Waals surface area contributed by atoms with E-state index in [9.17, 15) is 14.4 Å². The summed E-state index contributed by atoms with van der Waals surface area (Å²) in [6.07, 6.45) is 58.9. The van der Waals surface area contributed by atoms with Gasteiger partial charge in [-0.05, 0) is 70.6 Å². The highest BCUT2D eigenvalue weighted by Crippen LogP contribution is 2.14. The lowest BCUT2D eigenvalue weighted by atomic mass is 10.1. The van der Waals surface area contributed by atoms with Gasteiger partial charge in [0, 0.05) is 19.3 Å². The van der Waals surface area contributed by atoms with Gasteiger partial charge in [-0.3, -0.25) is 14.4 Å². The van der Waals surface area contributed by atoms with Gasteiger partial charge >= 0.3 is 17.9 Å². The molecule has 0 spiro atoms.